The lowest BCUT2D eigenvalue weighted by Gasteiger charge is -2.47. The summed E-state index contributed by atoms with van der Waals surface area (Å²) in [7, 11) is -4.82. The number of aryl methyl sites for hydroxylation is 1. The molecule has 1 aromatic carbocycles. The molecule has 2 N–H and O–H groups in total. The molecule has 10 heteroatoms. The van der Waals surface area contributed by atoms with E-state index in [0.717, 1.165) is 41.1 Å². The summed E-state index contributed by atoms with van der Waals surface area (Å²) < 4.78 is 14.2. The Kier molecular flexibility index (Phi) is 17.8. The smallest absolute Gasteiger partial charge is 0.305 e. The first-order chi connectivity index (χ1) is 25.1. The molecule has 0 radical (unpaired) electrons. The molecule has 0 spiro atoms. The van der Waals surface area contributed by atoms with Gasteiger partial charge in [-0.2, -0.15) is 0 Å². The number of nitrogens with zero attached hydrogens (tertiary/aromatic N) is 1. The number of ketones is 1. The predicted molar refractivity (Wildman–Crippen MR) is 237 cm³/mol. The first-order valence-electron chi connectivity index (χ1n) is 20.2. The van der Waals surface area contributed by atoms with Gasteiger partial charge in [-0.3, -0.25) is 9.59 Å². The van der Waals surface area contributed by atoms with Crippen LogP contribution in [0.1, 0.15) is 125 Å². The SMILES string of the molecule is C/C(=C\C[C@H](O)/C(C)=C/c1csc(C)n1)CCC[C@H](C)[C@@H](O[Si](C)(C)C(C)(C)C)[C@H](Cc1ccccc1)C(=O)C(C)(C)[C@H](CC(=O)O)O[Si](C)(C)C(C)(C)C. The highest BCUT2D eigenvalue weighted by Crippen LogP contribution is 2.45. The Morgan fingerprint density at radius 2 is 1.49 bits per heavy atom. The van der Waals surface area contributed by atoms with Crippen LogP contribution in [0.5, 0.6) is 0 Å². The van der Waals surface area contributed by atoms with Gasteiger partial charge >= 0.3 is 5.97 Å². The summed E-state index contributed by atoms with van der Waals surface area (Å²) in [6.07, 6.45) is 5.80. The lowest BCUT2D eigenvalue weighted by atomic mass is 9.70. The monoisotopic (exact) mass is 813 g/mol. The van der Waals surface area contributed by atoms with Crippen molar-refractivity contribution in [3.8, 4) is 0 Å². The number of Topliss-reactive ketones (excluding diaryl/α,β-unsaturated/α-hetero) is 1. The number of aromatic nitrogens is 1. The van der Waals surface area contributed by atoms with Crippen molar-refractivity contribution in [1.29, 1.82) is 0 Å². The van der Waals surface area contributed by atoms with E-state index in [1.54, 1.807) is 11.3 Å². The maximum atomic E-state index is 15.3. The maximum absolute atomic E-state index is 15.3. The van der Waals surface area contributed by atoms with Crippen LogP contribution in [-0.2, 0) is 24.9 Å². The number of thiazole rings is 1. The van der Waals surface area contributed by atoms with Crippen molar-refractivity contribution in [3.05, 3.63) is 69.2 Å². The van der Waals surface area contributed by atoms with Crippen LogP contribution in [0.4, 0.5) is 0 Å². The van der Waals surface area contributed by atoms with E-state index >= 15 is 4.79 Å². The molecule has 0 bridgehead atoms. The van der Waals surface area contributed by atoms with Gasteiger partial charge in [0.15, 0.2) is 16.6 Å². The van der Waals surface area contributed by atoms with E-state index in [0.29, 0.717) is 12.8 Å². The minimum atomic E-state index is -2.44. The fourth-order valence-electron chi connectivity index (χ4n) is 6.35. The quantitative estimate of drug-likeness (QED) is 0.0955. The lowest BCUT2D eigenvalue weighted by Crippen LogP contribution is -2.55. The Labute approximate surface area is 340 Å². The van der Waals surface area contributed by atoms with Crippen molar-refractivity contribution in [3.63, 3.8) is 0 Å². The average molecular weight is 814 g/mol. The average Bonchev–Trinajstić information content (AvgIpc) is 3.47. The molecule has 5 atom stereocenters. The summed E-state index contributed by atoms with van der Waals surface area (Å²) in [6.45, 7) is 33.9. The van der Waals surface area contributed by atoms with Gasteiger partial charge in [-0.1, -0.05) is 104 Å². The van der Waals surface area contributed by atoms with Crippen LogP contribution in [-0.4, -0.2) is 61.9 Å². The Balaban J connectivity index is 2.49. The molecule has 0 aliphatic carbocycles. The summed E-state index contributed by atoms with van der Waals surface area (Å²) in [6, 6.07) is 10.1. The van der Waals surface area contributed by atoms with Gasteiger partial charge < -0.3 is 19.1 Å². The molecule has 0 saturated heterocycles. The van der Waals surface area contributed by atoms with E-state index in [9.17, 15) is 15.0 Å². The first-order valence-corrected chi connectivity index (χ1v) is 26.9. The summed E-state index contributed by atoms with van der Waals surface area (Å²) in [5.41, 5.74) is 2.97. The summed E-state index contributed by atoms with van der Waals surface area (Å²) in [5, 5.41) is 23.8. The predicted octanol–water partition coefficient (Wildman–Crippen LogP) is 12.1. The van der Waals surface area contributed by atoms with Gasteiger partial charge in [0.1, 0.15) is 5.78 Å². The van der Waals surface area contributed by atoms with E-state index in [1.165, 1.54) is 5.57 Å². The van der Waals surface area contributed by atoms with Gasteiger partial charge in [-0.05, 0) is 112 Å². The summed E-state index contributed by atoms with van der Waals surface area (Å²) >= 11 is 1.60. The van der Waals surface area contributed by atoms with Crippen LogP contribution in [0.25, 0.3) is 6.08 Å². The zero-order chi connectivity index (χ0) is 42.2. The zero-order valence-corrected chi connectivity index (χ0v) is 39.9. The molecule has 0 fully saturated rings. The number of benzene rings is 1. The summed E-state index contributed by atoms with van der Waals surface area (Å²) in [4.78, 5) is 32.2. The Morgan fingerprint density at radius 1 is 0.927 bits per heavy atom. The fraction of sp³-hybridized carbons (Fsp3) is 0.667. The highest BCUT2D eigenvalue weighted by molar-refractivity contribution is 7.09. The minimum absolute atomic E-state index is 0.00169. The number of rotatable bonds is 21. The van der Waals surface area contributed by atoms with E-state index in [-0.39, 0.29) is 34.3 Å². The standard InChI is InChI=1S/C45H75NO6SSi2/c1-31(25-26-38(47)33(3)27-36-30-53-34(4)46-36)21-20-22-32(2)41(52-55(15,16)44(8,9)10)37(28-35-23-18-17-19-24-35)42(50)45(11,12)39(29-40(48)49)51-54(13,14)43(5,6)7/h17-19,23-25,27,30,32,37-39,41,47H,20-22,26,28-29H2,1-16H3,(H,48,49)/b31-25+,33-27+/t32-,37-,38-,39-,41+/m0/s1. The normalized spacial score (nSPS) is 16.7. The number of hydrogen-bond acceptors (Lipinski definition) is 7. The first kappa shape index (κ1) is 48.9. The van der Waals surface area contributed by atoms with Gasteiger partial charge in [0.05, 0.1) is 35.4 Å². The van der Waals surface area contributed by atoms with Crippen LogP contribution in [0.15, 0.2) is 52.9 Å². The van der Waals surface area contributed by atoms with Crippen molar-refractivity contribution in [2.24, 2.45) is 17.3 Å². The van der Waals surface area contributed by atoms with Crippen LogP contribution in [0, 0.1) is 24.2 Å². The Bertz CT molecular complexity index is 1600. The van der Waals surface area contributed by atoms with E-state index in [4.69, 9.17) is 8.85 Å². The topological polar surface area (TPSA) is 106 Å². The van der Waals surface area contributed by atoms with Crippen molar-refractivity contribution in [2.75, 3.05) is 0 Å². The fourth-order valence-corrected chi connectivity index (χ4v) is 9.80. The van der Waals surface area contributed by atoms with Gasteiger partial charge in [0, 0.05) is 16.7 Å². The van der Waals surface area contributed by atoms with E-state index < -0.39 is 46.1 Å². The van der Waals surface area contributed by atoms with Crippen molar-refractivity contribution >= 4 is 45.8 Å². The second-order valence-electron chi connectivity index (χ2n) is 19.5. The van der Waals surface area contributed by atoms with E-state index in [1.807, 2.05) is 57.4 Å². The molecule has 0 amide bonds. The highest BCUT2D eigenvalue weighted by atomic mass is 32.1. The molecule has 2 rings (SSSR count). The molecule has 0 aliphatic rings. The molecule has 0 saturated carbocycles. The van der Waals surface area contributed by atoms with Crippen molar-refractivity contribution < 1.29 is 28.7 Å². The van der Waals surface area contributed by atoms with Crippen molar-refractivity contribution in [1.82, 2.24) is 4.98 Å². The number of aliphatic carboxylic acids is 1. The summed E-state index contributed by atoms with van der Waals surface area (Å²) in [5.74, 6) is -1.43. The molecular formula is C45H75NO6SSi2. The number of carbonyl (C=O) groups excluding carboxylic acids is 1. The molecule has 0 aliphatic heterocycles. The second kappa shape index (κ2) is 20.0. The number of aliphatic hydroxyl groups excluding tert-OH is 1. The van der Waals surface area contributed by atoms with Gasteiger partial charge in [-0.15, -0.1) is 11.3 Å². The molecule has 55 heavy (non-hydrogen) atoms. The third-order valence-electron chi connectivity index (χ3n) is 12.3. The third-order valence-corrected chi connectivity index (χ3v) is 22.1. The Morgan fingerprint density at radius 3 is 2.00 bits per heavy atom. The molecule has 7 nitrogen and oxygen atoms in total. The minimum Gasteiger partial charge on any atom is -0.481 e. The molecule has 1 heterocycles. The number of hydrogen-bond donors (Lipinski definition) is 2. The highest BCUT2D eigenvalue weighted by Gasteiger charge is 2.51. The molecular weight excluding hydrogens is 739 g/mol. The van der Waals surface area contributed by atoms with E-state index in [2.05, 4.69) is 105 Å². The zero-order valence-electron chi connectivity index (χ0n) is 37.1. The molecule has 1 aromatic heterocycles. The number of carbonyl (C=O) groups is 2. The van der Waals surface area contributed by atoms with Gasteiger partial charge in [0.25, 0.3) is 0 Å². The number of carboxylic acids is 1. The largest absolute Gasteiger partial charge is 0.481 e. The van der Waals surface area contributed by atoms with Crippen molar-refractivity contribution in [2.45, 2.75) is 176 Å². The molecule has 0 unspecified atom stereocenters. The lowest BCUT2D eigenvalue weighted by molar-refractivity contribution is -0.146. The second-order valence-corrected chi connectivity index (χ2v) is 30.1. The van der Waals surface area contributed by atoms with Crippen LogP contribution < -0.4 is 0 Å². The molecule has 310 valence electrons. The van der Waals surface area contributed by atoms with Crippen LogP contribution in [0.3, 0.4) is 0 Å². The third kappa shape index (κ3) is 14.6. The maximum Gasteiger partial charge on any atom is 0.305 e. The number of allylic oxidation sites excluding steroid dienone is 1. The number of aliphatic hydroxyl groups is 1. The van der Waals surface area contributed by atoms with Crippen LogP contribution >= 0.6 is 11.3 Å². The van der Waals surface area contributed by atoms with Gasteiger partial charge in [-0.25, -0.2) is 4.98 Å². The molecule has 2 aromatic rings. The number of carboxylic acid groups (broad SMARTS) is 1. The van der Waals surface area contributed by atoms with Gasteiger partial charge in [0.2, 0.25) is 0 Å². The van der Waals surface area contributed by atoms with Crippen LogP contribution in [0.2, 0.25) is 36.3 Å². The Hall–Kier alpha value is -2.22.